The number of amides is 1. The van der Waals surface area contributed by atoms with E-state index in [2.05, 4.69) is 21.2 Å². The van der Waals surface area contributed by atoms with Crippen LogP contribution in [0.1, 0.15) is 11.1 Å². The molecular weight excluding hydrogens is 509 g/mol. The van der Waals surface area contributed by atoms with Gasteiger partial charge in [0, 0.05) is 17.8 Å². The number of nitrogens with one attached hydrogen (secondary N) is 1. The van der Waals surface area contributed by atoms with Crippen LogP contribution in [0.3, 0.4) is 0 Å². The van der Waals surface area contributed by atoms with Crippen molar-refractivity contribution in [2.75, 3.05) is 19.0 Å². The average Bonchev–Trinajstić information content (AvgIpc) is 2.83. The third-order valence-corrected chi connectivity index (χ3v) is 5.12. The maximum Gasteiger partial charge on any atom is 0.270 e. The van der Waals surface area contributed by atoms with Crippen LogP contribution in [0.5, 0.6) is 11.5 Å². The molecule has 1 N–H and O–H groups in total. The zero-order chi connectivity index (χ0) is 24.7. The van der Waals surface area contributed by atoms with Gasteiger partial charge in [-0.25, -0.2) is 4.39 Å². The molecule has 0 aliphatic carbocycles. The molecule has 0 saturated carbocycles. The highest BCUT2D eigenvalue weighted by atomic mass is 79.9. The van der Waals surface area contributed by atoms with Crippen molar-refractivity contribution in [3.63, 3.8) is 0 Å². The maximum atomic E-state index is 13.0. The van der Waals surface area contributed by atoms with Gasteiger partial charge >= 0.3 is 0 Å². The average molecular weight is 526 g/mol. The molecule has 0 spiro atoms. The monoisotopic (exact) mass is 525 g/mol. The summed E-state index contributed by atoms with van der Waals surface area (Å²) in [6.45, 7) is -0.335. The molecule has 0 saturated heterocycles. The quantitative estimate of drug-likeness (QED) is 0.177. The van der Waals surface area contributed by atoms with E-state index < -0.39 is 16.6 Å². The summed E-state index contributed by atoms with van der Waals surface area (Å²) in [4.78, 5) is 22.7. The summed E-state index contributed by atoms with van der Waals surface area (Å²) in [6.07, 6.45) is 1.55. The number of hydrogen-bond donors (Lipinski definition) is 1. The number of halogens is 2. The molecule has 8 nitrogen and oxygen atoms in total. The van der Waals surface area contributed by atoms with Gasteiger partial charge in [-0.2, -0.15) is 5.26 Å². The van der Waals surface area contributed by atoms with E-state index >= 15 is 0 Å². The highest BCUT2D eigenvalue weighted by Gasteiger charge is 2.15. The Morgan fingerprint density at radius 1 is 1.24 bits per heavy atom. The lowest BCUT2D eigenvalue weighted by atomic mass is 10.0. The Kier molecular flexibility index (Phi) is 7.95. The largest absolute Gasteiger partial charge is 0.493 e. The van der Waals surface area contributed by atoms with Crippen LogP contribution in [0.4, 0.5) is 15.8 Å². The molecule has 0 fully saturated rings. The van der Waals surface area contributed by atoms with Crippen molar-refractivity contribution in [1.29, 1.82) is 5.26 Å². The van der Waals surface area contributed by atoms with Crippen molar-refractivity contribution in [2.24, 2.45) is 0 Å². The molecule has 34 heavy (non-hydrogen) atoms. The molecule has 0 aliphatic heterocycles. The van der Waals surface area contributed by atoms with E-state index in [1.807, 2.05) is 6.07 Å². The Bertz CT molecular complexity index is 1300. The Morgan fingerprint density at radius 2 is 1.97 bits per heavy atom. The number of rotatable bonds is 8. The fourth-order valence-electron chi connectivity index (χ4n) is 2.97. The number of hydrogen-bond acceptors (Lipinski definition) is 6. The van der Waals surface area contributed by atoms with Gasteiger partial charge in [-0.05, 0) is 69.5 Å². The Hall–Kier alpha value is -4.23. The number of methoxy groups -OCH3 is 1. The number of carbonyl (C=O) groups excluding carboxylic acids is 1. The molecule has 3 rings (SSSR count). The second-order valence-electron chi connectivity index (χ2n) is 6.86. The molecule has 0 aromatic heterocycles. The van der Waals surface area contributed by atoms with Crippen LogP contribution >= 0.6 is 15.9 Å². The van der Waals surface area contributed by atoms with Crippen molar-refractivity contribution in [1.82, 2.24) is 0 Å². The Labute approximate surface area is 202 Å². The van der Waals surface area contributed by atoms with Gasteiger partial charge in [0.1, 0.15) is 5.82 Å². The van der Waals surface area contributed by atoms with Gasteiger partial charge in [0.2, 0.25) is 0 Å². The Morgan fingerprint density at radius 3 is 2.62 bits per heavy atom. The first-order valence-electron chi connectivity index (χ1n) is 9.73. The highest BCUT2D eigenvalue weighted by molar-refractivity contribution is 9.10. The van der Waals surface area contributed by atoms with Crippen molar-refractivity contribution in [3.8, 4) is 17.6 Å². The minimum Gasteiger partial charge on any atom is -0.493 e. The SMILES string of the molecule is COc1cc(/C=C(/C#N)c2cccc([N+](=O)[O-])c2)cc(Br)c1OCC(=O)Nc1ccc(F)cc1. The van der Waals surface area contributed by atoms with Gasteiger partial charge < -0.3 is 14.8 Å². The van der Waals surface area contributed by atoms with E-state index in [9.17, 15) is 24.6 Å². The minimum atomic E-state index is -0.531. The first-order valence-corrected chi connectivity index (χ1v) is 10.5. The number of nitro groups is 1. The Balaban J connectivity index is 1.80. The van der Waals surface area contributed by atoms with Crippen LogP contribution in [0.15, 0.2) is 65.1 Å². The number of nitro benzene ring substituents is 1. The molecule has 3 aromatic carbocycles. The number of anilines is 1. The fraction of sp³-hybridized carbons (Fsp3) is 0.0833. The van der Waals surface area contributed by atoms with E-state index in [0.717, 1.165) is 0 Å². The molecule has 0 bridgehead atoms. The molecule has 0 atom stereocenters. The molecule has 1 amide bonds. The lowest BCUT2D eigenvalue weighted by Gasteiger charge is -2.14. The third-order valence-electron chi connectivity index (χ3n) is 4.53. The lowest BCUT2D eigenvalue weighted by Crippen LogP contribution is -2.20. The zero-order valence-corrected chi connectivity index (χ0v) is 19.3. The standard InChI is InChI=1S/C24H17BrFN3O5/c1-33-22-11-15(9-17(13-27)16-3-2-4-20(12-16)29(31)32)10-21(25)24(22)34-14-23(30)28-19-7-5-18(26)6-8-19/h2-12H,14H2,1H3,(H,28,30)/b17-9-. The van der Waals surface area contributed by atoms with Crippen LogP contribution in [-0.2, 0) is 4.79 Å². The molecule has 0 heterocycles. The normalized spacial score (nSPS) is 10.8. The summed E-state index contributed by atoms with van der Waals surface area (Å²) in [7, 11) is 1.42. The first-order chi connectivity index (χ1) is 16.3. The second kappa shape index (κ2) is 11.1. The minimum absolute atomic E-state index is 0.125. The summed E-state index contributed by atoms with van der Waals surface area (Å²) < 4.78 is 24.4. The summed E-state index contributed by atoms with van der Waals surface area (Å²) in [6, 6.07) is 16.4. The van der Waals surface area contributed by atoms with Crippen LogP contribution in [0.2, 0.25) is 0 Å². The van der Waals surface area contributed by atoms with Crippen molar-refractivity contribution in [2.45, 2.75) is 0 Å². The number of nitrogens with zero attached hydrogens (tertiary/aromatic N) is 2. The van der Waals surface area contributed by atoms with E-state index in [1.165, 1.54) is 49.6 Å². The molecular formula is C24H17BrFN3O5. The smallest absolute Gasteiger partial charge is 0.270 e. The molecule has 3 aromatic rings. The zero-order valence-electron chi connectivity index (χ0n) is 17.7. The topological polar surface area (TPSA) is 114 Å². The molecule has 0 radical (unpaired) electrons. The number of nitriles is 1. The highest BCUT2D eigenvalue weighted by Crippen LogP contribution is 2.37. The van der Waals surface area contributed by atoms with E-state index in [1.54, 1.807) is 24.3 Å². The fourth-order valence-corrected chi connectivity index (χ4v) is 3.54. The number of benzene rings is 3. The van der Waals surface area contributed by atoms with Crippen molar-refractivity contribution in [3.05, 3.63) is 92.2 Å². The van der Waals surface area contributed by atoms with Crippen LogP contribution in [0, 0.1) is 27.3 Å². The van der Waals surface area contributed by atoms with Gasteiger partial charge in [-0.15, -0.1) is 0 Å². The lowest BCUT2D eigenvalue weighted by molar-refractivity contribution is -0.384. The first kappa shape index (κ1) is 24.4. The van der Waals surface area contributed by atoms with Gasteiger partial charge in [0.25, 0.3) is 11.6 Å². The van der Waals surface area contributed by atoms with Crippen LogP contribution in [0.25, 0.3) is 11.6 Å². The van der Waals surface area contributed by atoms with Crippen LogP contribution in [-0.4, -0.2) is 24.5 Å². The van der Waals surface area contributed by atoms with Crippen molar-refractivity contribution < 1.29 is 23.6 Å². The van der Waals surface area contributed by atoms with Gasteiger partial charge in [0.05, 0.1) is 28.1 Å². The van der Waals surface area contributed by atoms with Crippen molar-refractivity contribution >= 4 is 44.9 Å². The van der Waals surface area contributed by atoms with E-state index in [0.29, 0.717) is 27.0 Å². The second-order valence-corrected chi connectivity index (χ2v) is 7.71. The molecule has 0 aliphatic rings. The van der Waals surface area contributed by atoms with Crippen LogP contribution < -0.4 is 14.8 Å². The number of non-ortho nitro benzene ring substituents is 1. The van der Waals surface area contributed by atoms with E-state index in [4.69, 9.17) is 9.47 Å². The molecule has 10 heteroatoms. The number of allylic oxidation sites excluding steroid dienone is 1. The molecule has 172 valence electrons. The summed E-state index contributed by atoms with van der Waals surface area (Å²) in [5.74, 6) is -0.307. The third kappa shape index (κ3) is 6.17. The number of carbonyl (C=O) groups is 1. The van der Waals surface area contributed by atoms with E-state index in [-0.39, 0.29) is 23.6 Å². The maximum absolute atomic E-state index is 13.0. The van der Waals surface area contributed by atoms with Gasteiger partial charge in [-0.1, -0.05) is 12.1 Å². The molecule has 0 unspecified atom stereocenters. The van der Waals surface area contributed by atoms with Gasteiger partial charge in [0.15, 0.2) is 18.1 Å². The summed E-state index contributed by atoms with van der Waals surface area (Å²) in [5.41, 5.74) is 1.47. The number of ether oxygens (including phenoxy) is 2. The predicted octanol–water partition coefficient (Wildman–Crippen LogP) is 5.59. The summed E-state index contributed by atoms with van der Waals surface area (Å²) >= 11 is 3.38. The predicted molar refractivity (Wildman–Crippen MR) is 128 cm³/mol. The van der Waals surface area contributed by atoms with Gasteiger partial charge in [-0.3, -0.25) is 14.9 Å². The summed E-state index contributed by atoms with van der Waals surface area (Å²) in [5, 5.41) is 23.2.